The zero-order valence-corrected chi connectivity index (χ0v) is 11.8. The van der Waals surface area contributed by atoms with E-state index in [9.17, 15) is 0 Å². The summed E-state index contributed by atoms with van der Waals surface area (Å²) in [5.41, 5.74) is 7.55. The van der Waals surface area contributed by atoms with Gasteiger partial charge in [0.05, 0.1) is 0 Å². The van der Waals surface area contributed by atoms with Crippen LogP contribution in [-0.4, -0.2) is 18.4 Å². The summed E-state index contributed by atoms with van der Waals surface area (Å²) in [4.78, 5) is 2.35. The van der Waals surface area contributed by atoms with Crippen LogP contribution in [0, 0.1) is 11.3 Å². The van der Waals surface area contributed by atoms with E-state index in [2.05, 4.69) is 40.7 Å². The van der Waals surface area contributed by atoms with Gasteiger partial charge in [-0.15, -0.1) is 0 Å². The Morgan fingerprint density at radius 2 is 2.18 bits per heavy atom. The van der Waals surface area contributed by atoms with Crippen molar-refractivity contribution in [1.29, 1.82) is 5.41 Å². The van der Waals surface area contributed by atoms with E-state index < -0.39 is 0 Å². The number of amidine groups is 1. The van der Waals surface area contributed by atoms with Gasteiger partial charge >= 0.3 is 0 Å². The fraction of sp³-hybridized carbons (Fsp3) is 0.462. The zero-order valence-electron chi connectivity index (χ0n) is 10.2. The molecule has 1 aliphatic heterocycles. The summed E-state index contributed by atoms with van der Waals surface area (Å²) >= 11 is 3.49. The standard InChI is InChI=1S/C13H18BrN3/c1-8-5-9(2)17(7-8)12-6-10(14)3-4-11(12)13(15)16/h3-4,6,8-9H,5,7H2,1-2H3,(H3,15,16). The normalized spacial score (nSPS) is 24.1. The second kappa shape index (κ2) is 4.69. The van der Waals surface area contributed by atoms with Crippen LogP contribution in [0.5, 0.6) is 0 Å². The first-order valence-electron chi connectivity index (χ1n) is 5.89. The highest BCUT2D eigenvalue weighted by Gasteiger charge is 2.28. The average molecular weight is 296 g/mol. The number of nitrogens with two attached hydrogens (primary N) is 1. The Bertz CT molecular complexity index is 444. The van der Waals surface area contributed by atoms with Crippen molar-refractivity contribution in [3.63, 3.8) is 0 Å². The van der Waals surface area contributed by atoms with Crippen molar-refractivity contribution in [2.75, 3.05) is 11.4 Å². The Hall–Kier alpha value is -1.03. The molecule has 1 aromatic rings. The number of rotatable bonds is 2. The molecule has 3 nitrogen and oxygen atoms in total. The van der Waals surface area contributed by atoms with Gasteiger partial charge in [-0.05, 0) is 37.5 Å². The smallest absolute Gasteiger partial charge is 0.124 e. The predicted molar refractivity (Wildman–Crippen MR) is 75.7 cm³/mol. The molecule has 3 N–H and O–H groups in total. The summed E-state index contributed by atoms with van der Waals surface area (Å²) in [6.45, 7) is 5.54. The van der Waals surface area contributed by atoms with Crippen molar-refractivity contribution in [3.05, 3.63) is 28.2 Å². The maximum Gasteiger partial charge on any atom is 0.124 e. The molecular weight excluding hydrogens is 278 g/mol. The van der Waals surface area contributed by atoms with Crippen LogP contribution >= 0.6 is 15.9 Å². The minimum Gasteiger partial charge on any atom is -0.384 e. The molecular formula is C13H18BrN3. The molecule has 1 aromatic carbocycles. The maximum atomic E-state index is 7.66. The molecule has 1 saturated heterocycles. The Morgan fingerprint density at radius 3 is 2.71 bits per heavy atom. The molecule has 0 spiro atoms. The van der Waals surface area contributed by atoms with Crippen molar-refractivity contribution in [1.82, 2.24) is 0 Å². The van der Waals surface area contributed by atoms with E-state index >= 15 is 0 Å². The number of nitrogens with zero attached hydrogens (tertiary/aromatic N) is 1. The van der Waals surface area contributed by atoms with Gasteiger partial charge in [-0.1, -0.05) is 22.9 Å². The monoisotopic (exact) mass is 295 g/mol. The lowest BCUT2D eigenvalue weighted by Gasteiger charge is -2.26. The lowest BCUT2D eigenvalue weighted by atomic mass is 10.1. The zero-order chi connectivity index (χ0) is 12.6. The van der Waals surface area contributed by atoms with E-state index in [1.807, 2.05) is 12.1 Å². The van der Waals surface area contributed by atoms with Gasteiger partial charge in [-0.3, -0.25) is 5.41 Å². The van der Waals surface area contributed by atoms with Crippen molar-refractivity contribution < 1.29 is 0 Å². The topological polar surface area (TPSA) is 53.1 Å². The highest BCUT2D eigenvalue weighted by atomic mass is 79.9. The lowest BCUT2D eigenvalue weighted by molar-refractivity contribution is 0.625. The van der Waals surface area contributed by atoms with Crippen molar-refractivity contribution in [2.24, 2.45) is 11.7 Å². The first kappa shape index (κ1) is 12.4. The summed E-state index contributed by atoms with van der Waals surface area (Å²) in [7, 11) is 0. The molecule has 2 unspecified atom stereocenters. The molecule has 1 aliphatic rings. The van der Waals surface area contributed by atoms with Crippen molar-refractivity contribution in [3.8, 4) is 0 Å². The number of benzene rings is 1. The second-order valence-electron chi connectivity index (χ2n) is 4.92. The highest BCUT2D eigenvalue weighted by molar-refractivity contribution is 9.10. The molecule has 0 bridgehead atoms. The SMILES string of the molecule is CC1CC(C)N(c2cc(Br)ccc2C(=N)N)C1. The van der Waals surface area contributed by atoms with Crippen LogP contribution in [0.15, 0.2) is 22.7 Å². The third kappa shape index (κ3) is 2.46. The average Bonchev–Trinajstić information content (AvgIpc) is 2.57. The number of hydrogen-bond donors (Lipinski definition) is 2. The summed E-state index contributed by atoms with van der Waals surface area (Å²) in [6.07, 6.45) is 1.20. The molecule has 0 aromatic heterocycles. The van der Waals surface area contributed by atoms with E-state index in [-0.39, 0.29) is 5.84 Å². The highest BCUT2D eigenvalue weighted by Crippen LogP contribution is 2.32. The number of nitrogen functional groups attached to an aromatic ring is 1. The summed E-state index contributed by atoms with van der Waals surface area (Å²) in [6, 6.07) is 6.42. The summed E-state index contributed by atoms with van der Waals surface area (Å²) in [5, 5.41) is 7.66. The van der Waals surface area contributed by atoms with E-state index in [1.165, 1.54) is 6.42 Å². The van der Waals surface area contributed by atoms with Gasteiger partial charge in [-0.25, -0.2) is 0 Å². The third-order valence-corrected chi connectivity index (χ3v) is 3.84. The van der Waals surface area contributed by atoms with Gasteiger partial charge in [0.1, 0.15) is 5.84 Å². The minimum atomic E-state index is 0.138. The van der Waals surface area contributed by atoms with Crippen LogP contribution in [0.1, 0.15) is 25.8 Å². The Balaban J connectivity index is 2.43. The van der Waals surface area contributed by atoms with Gasteiger partial charge in [-0.2, -0.15) is 0 Å². The molecule has 0 aliphatic carbocycles. The van der Waals surface area contributed by atoms with Crippen molar-refractivity contribution >= 4 is 27.5 Å². The number of nitrogens with one attached hydrogen (secondary N) is 1. The number of halogens is 1. The molecule has 2 rings (SSSR count). The van der Waals surface area contributed by atoms with Crippen LogP contribution in [0.4, 0.5) is 5.69 Å². The van der Waals surface area contributed by atoms with Gasteiger partial charge in [0.25, 0.3) is 0 Å². The first-order valence-corrected chi connectivity index (χ1v) is 6.69. The summed E-state index contributed by atoms with van der Waals surface area (Å²) in [5.74, 6) is 0.836. The Kier molecular flexibility index (Phi) is 3.43. The predicted octanol–water partition coefficient (Wildman–Crippen LogP) is 2.97. The molecule has 1 fully saturated rings. The van der Waals surface area contributed by atoms with Gasteiger partial charge in [0.15, 0.2) is 0 Å². The van der Waals surface area contributed by atoms with Crippen LogP contribution in [0.25, 0.3) is 0 Å². The van der Waals surface area contributed by atoms with Gasteiger partial charge in [0.2, 0.25) is 0 Å². The largest absolute Gasteiger partial charge is 0.384 e. The first-order chi connectivity index (χ1) is 7.99. The van der Waals surface area contributed by atoms with E-state index in [0.29, 0.717) is 12.0 Å². The number of anilines is 1. The molecule has 0 amide bonds. The second-order valence-corrected chi connectivity index (χ2v) is 5.83. The molecule has 1 heterocycles. The molecule has 17 heavy (non-hydrogen) atoms. The molecule has 0 radical (unpaired) electrons. The van der Waals surface area contributed by atoms with E-state index in [1.54, 1.807) is 0 Å². The quantitative estimate of drug-likeness (QED) is 0.651. The molecule has 0 saturated carbocycles. The van der Waals surface area contributed by atoms with Crippen LogP contribution in [0.3, 0.4) is 0 Å². The fourth-order valence-corrected chi connectivity index (χ4v) is 2.95. The Labute approximate surface area is 111 Å². The third-order valence-electron chi connectivity index (χ3n) is 3.34. The van der Waals surface area contributed by atoms with Crippen molar-refractivity contribution in [2.45, 2.75) is 26.3 Å². The molecule has 92 valence electrons. The van der Waals surface area contributed by atoms with Crippen LogP contribution in [0.2, 0.25) is 0 Å². The molecule has 4 heteroatoms. The maximum absolute atomic E-state index is 7.66. The lowest BCUT2D eigenvalue weighted by Crippen LogP contribution is -2.29. The Morgan fingerprint density at radius 1 is 1.47 bits per heavy atom. The van der Waals surface area contributed by atoms with Gasteiger partial charge in [0, 0.05) is 28.3 Å². The fourth-order valence-electron chi connectivity index (χ4n) is 2.61. The molecule has 2 atom stereocenters. The van der Waals surface area contributed by atoms with E-state index in [4.69, 9.17) is 11.1 Å². The van der Waals surface area contributed by atoms with Crippen LogP contribution < -0.4 is 10.6 Å². The minimum absolute atomic E-state index is 0.138. The van der Waals surface area contributed by atoms with Gasteiger partial charge < -0.3 is 10.6 Å². The van der Waals surface area contributed by atoms with Crippen LogP contribution in [-0.2, 0) is 0 Å². The number of hydrogen-bond acceptors (Lipinski definition) is 2. The summed E-state index contributed by atoms with van der Waals surface area (Å²) < 4.78 is 1.03. The van der Waals surface area contributed by atoms with E-state index in [0.717, 1.165) is 22.3 Å².